The van der Waals surface area contributed by atoms with Gasteiger partial charge in [0.05, 0.1) is 24.3 Å². The molecule has 1 heterocycles. The van der Waals surface area contributed by atoms with Crippen LogP contribution in [0.1, 0.15) is 31.4 Å². The zero-order valence-electron chi connectivity index (χ0n) is 17.3. The highest BCUT2D eigenvalue weighted by molar-refractivity contribution is 8.18. The fraction of sp³-hybridized carbons (Fsp3) is 0.304. The Morgan fingerprint density at radius 3 is 2.55 bits per heavy atom. The van der Waals surface area contributed by atoms with Crippen molar-refractivity contribution in [1.29, 1.82) is 0 Å². The van der Waals surface area contributed by atoms with Gasteiger partial charge in [0.2, 0.25) is 0 Å². The van der Waals surface area contributed by atoms with Crippen molar-refractivity contribution < 1.29 is 14.3 Å². The maximum absolute atomic E-state index is 12.8. The Balaban J connectivity index is 1.91. The molecule has 1 fully saturated rings. The summed E-state index contributed by atoms with van der Waals surface area (Å²) in [5.74, 6) is 1.23. The summed E-state index contributed by atoms with van der Waals surface area (Å²) >= 11 is 1.36. The summed E-state index contributed by atoms with van der Waals surface area (Å²) in [5.41, 5.74) is 2.91. The summed E-state index contributed by atoms with van der Waals surface area (Å²) in [6.07, 6.45) is 3.72. The molecule has 0 atom stereocenters. The zero-order chi connectivity index (χ0) is 20.8. The number of hydrogen-bond donors (Lipinski definition) is 0. The van der Waals surface area contributed by atoms with Crippen LogP contribution in [-0.4, -0.2) is 36.7 Å². The van der Waals surface area contributed by atoms with Crippen LogP contribution < -0.4 is 9.47 Å². The standard InChI is InChI=1S/C23H26N2O3S/c1-5-14-28-21-17(8-7-9-19(21)27-4)15-20-22(26)25(3)23(29-20)24-18-12-10-16(6-2)11-13-18/h7-13,15H,5-6,14H2,1-4H3/b20-15+,24-23?. The Hall–Kier alpha value is -2.73. The summed E-state index contributed by atoms with van der Waals surface area (Å²) in [6, 6.07) is 13.7. The van der Waals surface area contributed by atoms with Gasteiger partial charge in [-0.15, -0.1) is 0 Å². The molecule has 0 aromatic heterocycles. The van der Waals surface area contributed by atoms with Gasteiger partial charge in [0, 0.05) is 12.6 Å². The molecule has 0 N–H and O–H groups in total. The molecule has 1 saturated heterocycles. The number of carbonyl (C=O) groups excluding carboxylic acids is 1. The molecule has 29 heavy (non-hydrogen) atoms. The summed E-state index contributed by atoms with van der Waals surface area (Å²) < 4.78 is 11.3. The van der Waals surface area contributed by atoms with Crippen molar-refractivity contribution >= 4 is 34.6 Å². The van der Waals surface area contributed by atoms with E-state index in [0.717, 1.165) is 24.1 Å². The minimum atomic E-state index is -0.0804. The normalized spacial score (nSPS) is 16.7. The molecule has 0 saturated carbocycles. The van der Waals surface area contributed by atoms with Crippen LogP contribution in [0.25, 0.3) is 6.08 Å². The molecule has 0 unspecified atom stereocenters. The van der Waals surface area contributed by atoms with Gasteiger partial charge in [-0.3, -0.25) is 9.69 Å². The molecule has 1 amide bonds. The van der Waals surface area contributed by atoms with Gasteiger partial charge in [0.1, 0.15) is 0 Å². The number of thioether (sulfide) groups is 1. The SMILES string of the molecule is CCCOc1c(/C=C2/SC(=Nc3ccc(CC)cc3)N(C)C2=O)cccc1OC. The number of benzene rings is 2. The van der Waals surface area contributed by atoms with E-state index in [1.807, 2.05) is 36.4 Å². The number of aliphatic imine (C=N–C) groups is 1. The van der Waals surface area contributed by atoms with E-state index >= 15 is 0 Å². The molecule has 0 radical (unpaired) electrons. The molecular formula is C23H26N2O3S. The topological polar surface area (TPSA) is 51.1 Å². The number of nitrogens with zero attached hydrogens (tertiary/aromatic N) is 2. The van der Waals surface area contributed by atoms with Crippen molar-refractivity contribution in [1.82, 2.24) is 4.90 Å². The molecule has 2 aromatic rings. The number of carbonyl (C=O) groups is 1. The van der Waals surface area contributed by atoms with Crippen molar-refractivity contribution in [3.8, 4) is 11.5 Å². The van der Waals surface area contributed by atoms with Gasteiger partial charge < -0.3 is 9.47 Å². The molecular weight excluding hydrogens is 384 g/mol. The quantitative estimate of drug-likeness (QED) is 0.583. The molecule has 6 heteroatoms. The first-order valence-corrected chi connectivity index (χ1v) is 10.5. The number of aryl methyl sites for hydroxylation is 1. The highest BCUT2D eigenvalue weighted by atomic mass is 32.2. The Labute approximate surface area is 176 Å². The predicted octanol–water partition coefficient (Wildman–Crippen LogP) is 5.28. The Bertz CT molecular complexity index is 936. The third-order valence-corrected chi connectivity index (χ3v) is 5.60. The minimum absolute atomic E-state index is 0.0804. The summed E-state index contributed by atoms with van der Waals surface area (Å²) in [5, 5.41) is 0.657. The maximum Gasteiger partial charge on any atom is 0.266 e. The average Bonchev–Trinajstić information content (AvgIpc) is 3.01. The Morgan fingerprint density at radius 2 is 1.90 bits per heavy atom. The second-order valence-corrected chi connectivity index (χ2v) is 7.63. The Morgan fingerprint density at radius 1 is 1.14 bits per heavy atom. The first kappa shape index (κ1) is 21.0. The van der Waals surface area contributed by atoms with Gasteiger partial charge >= 0.3 is 0 Å². The number of likely N-dealkylation sites (N-methyl/N-ethyl adjacent to an activating group) is 1. The van der Waals surface area contributed by atoms with Crippen LogP contribution in [-0.2, 0) is 11.2 Å². The van der Waals surface area contributed by atoms with E-state index in [0.29, 0.717) is 28.2 Å². The van der Waals surface area contributed by atoms with Crippen LogP contribution in [0.15, 0.2) is 52.4 Å². The van der Waals surface area contributed by atoms with Gasteiger partial charge in [0.25, 0.3) is 5.91 Å². The minimum Gasteiger partial charge on any atom is -0.493 e. The fourth-order valence-electron chi connectivity index (χ4n) is 2.88. The molecule has 3 rings (SSSR count). The summed E-state index contributed by atoms with van der Waals surface area (Å²) in [6.45, 7) is 4.75. The van der Waals surface area contributed by atoms with Gasteiger partial charge in [-0.1, -0.05) is 38.1 Å². The lowest BCUT2D eigenvalue weighted by molar-refractivity contribution is -0.121. The fourth-order valence-corrected chi connectivity index (χ4v) is 3.85. The molecule has 0 bridgehead atoms. The molecule has 152 valence electrons. The van der Waals surface area contributed by atoms with Crippen LogP contribution in [0.3, 0.4) is 0 Å². The molecule has 1 aliphatic rings. The van der Waals surface area contributed by atoms with Crippen LogP contribution >= 0.6 is 11.8 Å². The Kier molecular flexibility index (Phi) is 6.99. The zero-order valence-corrected chi connectivity index (χ0v) is 18.1. The molecule has 1 aliphatic heterocycles. The number of amides is 1. The highest BCUT2D eigenvalue weighted by Crippen LogP contribution is 2.37. The number of rotatable bonds is 7. The van der Waals surface area contributed by atoms with Crippen LogP contribution in [0.5, 0.6) is 11.5 Å². The molecule has 2 aromatic carbocycles. The van der Waals surface area contributed by atoms with Crippen LogP contribution in [0.4, 0.5) is 5.69 Å². The summed E-state index contributed by atoms with van der Waals surface area (Å²) in [4.78, 5) is 19.6. The van der Waals surface area contributed by atoms with E-state index in [9.17, 15) is 4.79 Å². The van der Waals surface area contributed by atoms with E-state index in [1.165, 1.54) is 17.3 Å². The lowest BCUT2D eigenvalue weighted by Gasteiger charge is -2.13. The summed E-state index contributed by atoms with van der Waals surface area (Å²) in [7, 11) is 3.36. The maximum atomic E-state index is 12.8. The number of ether oxygens (including phenoxy) is 2. The van der Waals surface area contributed by atoms with Crippen molar-refractivity contribution in [2.45, 2.75) is 26.7 Å². The first-order chi connectivity index (χ1) is 14.1. The van der Waals surface area contributed by atoms with Gasteiger partial charge in [-0.2, -0.15) is 0 Å². The molecule has 0 spiro atoms. The monoisotopic (exact) mass is 410 g/mol. The van der Waals surface area contributed by atoms with Crippen molar-refractivity contribution in [2.75, 3.05) is 20.8 Å². The van der Waals surface area contributed by atoms with Gasteiger partial charge in [0.15, 0.2) is 16.7 Å². The first-order valence-electron chi connectivity index (χ1n) is 9.72. The van der Waals surface area contributed by atoms with E-state index in [1.54, 1.807) is 19.1 Å². The number of amidine groups is 1. The molecule has 0 aliphatic carbocycles. The van der Waals surface area contributed by atoms with E-state index in [4.69, 9.17) is 9.47 Å². The second-order valence-electron chi connectivity index (χ2n) is 6.62. The smallest absolute Gasteiger partial charge is 0.266 e. The van der Waals surface area contributed by atoms with E-state index < -0.39 is 0 Å². The highest BCUT2D eigenvalue weighted by Gasteiger charge is 2.30. The van der Waals surface area contributed by atoms with Crippen molar-refractivity contribution in [3.63, 3.8) is 0 Å². The van der Waals surface area contributed by atoms with Crippen molar-refractivity contribution in [2.24, 2.45) is 4.99 Å². The van der Waals surface area contributed by atoms with Crippen LogP contribution in [0, 0.1) is 0 Å². The lowest BCUT2D eigenvalue weighted by Crippen LogP contribution is -2.23. The third kappa shape index (κ3) is 4.82. The lowest BCUT2D eigenvalue weighted by atomic mass is 10.1. The molecule has 5 nitrogen and oxygen atoms in total. The van der Waals surface area contributed by atoms with E-state index in [-0.39, 0.29) is 5.91 Å². The van der Waals surface area contributed by atoms with Crippen molar-refractivity contribution in [3.05, 3.63) is 58.5 Å². The third-order valence-electron chi connectivity index (χ3n) is 4.54. The number of hydrogen-bond acceptors (Lipinski definition) is 5. The largest absolute Gasteiger partial charge is 0.493 e. The van der Waals surface area contributed by atoms with Crippen LogP contribution in [0.2, 0.25) is 0 Å². The average molecular weight is 411 g/mol. The number of methoxy groups -OCH3 is 1. The van der Waals surface area contributed by atoms with Gasteiger partial charge in [-0.05, 0) is 54.4 Å². The predicted molar refractivity (Wildman–Crippen MR) is 120 cm³/mol. The second kappa shape index (κ2) is 9.65. The van der Waals surface area contributed by atoms with Gasteiger partial charge in [-0.25, -0.2) is 4.99 Å². The van der Waals surface area contributed by atoms with E-state index in [2.05, 4.69) is 31.0 Å². The number of para-hydroxylation sites is 1.